The number of anilines is 2. The highest BCUT2D eigenvalue weighted by Crippen LogP contribution is 2.37. The van der Waals surface area contributed by atoms with Crippen LogP contribution in [0.1, 0.15) is 11.1 Å². The van der Waals surface area contributed by atoms with Crippen LogP contribution >= 0.6 is 0 Å². The zero-order valence-electron chi connectivity index (χ0n) is 14.7. The minimum absolute atomic E-state index is 0.127. The van der Waals surface area contributed by atoms with E-state index in [0.29, 0.717) is 17.9 Å². The predicted octanol–water partition coefficient (Wildman–Crippen LogP) is 4.33. The molecular formula is C21H18N2O3S. The van der Waals surface area contributed by atoms with Gasteiger partial charge in [0.25, 0.3) is 10.0 Å². The van der Waals surface area contributed by atoms with Crippen LogP contribution in [0, 0.1) is 6.92 Å². The average molecular weight is 378 g/mol. The summed E-state index contributed by atoms with van der Waals surface area (Å²) in [6, 6.07) is 22.3. The van der Waals surface area contributed by atoms with Gasteiger partial charge in [0.15, 0.2) is 0 Å². The molecule has 0 aromatic heterocycles. The number of nitrogens with zero attached hydrogens (tertiary/aromatic N) is 2. The molecule has 0 aliphatic carbocycles. The highest BCUT2D eigenvalue weighted by atomic mass is 32.2. The summed E-state index contributed by atoms with van der Waals surface area (Å²) in [6.45, 7) is 2.27. The molecule has 0 N–H and O–H groups in total. The Hall–Kier alpha value is -3.12. The van der Waals surface area contributed by atoms with Gasteiger partial charge in [-0.1, -0.05) is 54.6 Å². The van der Waals surface area contributed by atoms with Gasteiger partial charge >= 0.3 is 6.03 Å². The number of sulfonamides is 1. The van der Waals surface area contributed by atoms with Gasteiger partial charge in [-0.25, -0.2) is 13.2 Å². The van der Waals surface area contributed by atoms with Crippen molar-refractivity contribution in [2.45, 2.75) is 18.4 Å². The molecule has 0 saturated heterocycles. The molecule has 0 atom stereocenters. The predicted molar refractivity (Wildman–Crippen MR) is 105 cm³/mol. The van der Waals surface area contributed by atoms with Crippen molar-refractivity contribution >= 4 is 27.4 Å². The fourth-order valence-corrected chi connectivity index (χ4v) is 4.83. The lowest BCUT2D eigenvalue weighted by Crippen LogP contribution is -2.50. The van der Waals surface area contributed by atoms with Crippen LogP contribution in [0.4, 0.5) is 16.2 Å². The van der Waals surface area contributed by atoms with Crippen LogP contribution < -0.4 is 9.21 Å². The van der Waals surface area contributed by atoms with Crippen molar-refractivity contribution in [2.75, 3.05) is 9.21 Å². The quantitative estimate of drug-likeness (QED) is 0.682. The first-order chi connectivity index (χ1) is 13.0. The first-order valence-corrected chi connectivity index (χ1v) is 9.99. The van der Waals surface area contributed by atoms with E-state index >= 15 is 0 Å². The number of amides is 2. The van der Waals surface area contributed by atoms with Crippen LogP contribution in [0.25, 0.3) is 0 Å². The molecule has 5 nitrogen and oxygen atoms in total. The number of fused-ring (bicyclic) bond motifs is 1. The van der Waals surface area contributed by atoms with Gasteiger partial charge in [-0.3, -0.25) is 4.90 Å². The monoisotopic (exact) mass is 378 g/mol. The molecule has 3 aromatic carbocycles. The first-order valence-electron chi connectivity index (χ1n) is 8.55. The molecule has 0 radical (unpaired) electrons. The first kappa shape index (κ1) is 17.3. The van der Waals surface area contributed by atoms with E-state index in [-0.39, 0.29) is 4.90 Å². The lowest BCUT2D eigenvalue weighted by molar-refractivity contribution is 0.253. The van der Waals surface area contributed by atoms with Crippen molar-refractivity contribution in [3.05, 3.63) is 90.0 Å². The minimum atomic E-state index is -3.98. The Labute approximate surface area is 158 Å². The third-order valence-electron chi connectivity index (χ3n) is 4.66. The Balaban J connectivity index is 1.89. The summed E-state index contributed by atoms with van der Waals surface area (Å²) in [5.74, 6) is 0. The number of hydrogen-bond donors (Lipinski definition) is 0. The smallest absolute Gasteiger partial charge is 0.287 e. The van der Waals surface area contributed by atoms with E-state index in [9.17, 15) is 13.2 Å². The van der Waals surface area contributed by atoms with Crippen molar-refractivity contribution in [1.29, 1.82) is 0 Å². The third kappa shape index (κ3) is 2.88. The van der Waals surface area contributed by atoms with Crippen LogP contribution in [0.2, 0.25) is 0 Å². The second kappa shape index (κ2) is 6.55. The number of carbonyl (C=O) groups excluding carboxylic acids is 1. The van der Waals surface area contributed by atoms with Gasteiger partial charge in [-0.15, -0.1) is 0 Å². The highest BCUT2D eigenvalue weighted by molar-refractivity contribution is 7.94. The minimum Gasteiger partial charge on any atom is -0.287 e. The lowest BCUT2D eigenvalue weighted by Gasteiger charge is -2.36. The van der Waals surface area contributed by atoms with Crippen LogP contribution in [-0.4, -0.2) is 14.4 Å². The van der Waals surface area contributed by atoms with Crippen molar-refractivity contribution in [1.82, 2.24) is 0 Å². The van der Waals surface area contributed by atoms with E-state index in [1.807, 2.05) is 31.2 Å². The number of para-hydroxylation sites is 2. The summed E-state index contributed by atoms with van der Waals surface area (Å²) >= 11 is 0. The van der Waals surface area contributed by atoms with E-state index in [0.717, 1.165) is 15.4 Å². The van der Waals surface area contributed by atoms with E-state index in [1.54, 1.807) is 48.5 Å². The summed E-state index contributed by atoms with van der Waals surface area (Å²) in [4.78, 5) is 14.9. The molecule has 4 rings (SSSR count). The molecule has 3 aromatic rings. The molecule has 136 valence electrons. The van der Waals surface area contributed by atoms with Crippen molar-refractivity contribution in [3.8, 4) is 0 Å². The number of carbonyl (C=O) groups is 1. The van der Waals surface area contributed by atoms with Crippen LogP contribution in [-0.2, 0) is 16.6 Å². The second-order valence-corrected chi connectivity index (χ2v) is 8.12. The fourth-order valence-electron chi connectivity index (χ4n) is 3.24. The number of urea groups is 1. The molecule has 2 amide bonds. The standard InChI is InChI=1S/C21H18N2O3S/c1-16-9-5-6-10-17(16)15-22-19-13-7-8-14-20(19)27(25,26)23(21(22)24)18-11-3-2-4-12-18/h2-14H,15H2,1H3. The van der Waals surface area contributed by atoms with Crippen LogP contribution in [0.15, 0.2) is 83.8 Å². The van der Waals surface area contributed by atoms with Gasteiger partial charge in [0.1, 0.15) is 4.90 Å². The fraction of sp³-hybridized carbons (Fsp3) is 0.0952. The normalized spacial score (nSPS) is 15.5. The summed E-state index contributed by atoms with van der Waals surface area (Å²) in [5, 5.41) is 0. The molecule has 0 saturated carbocycles. The number of benzene rings is 3. The Kier molecular flexibility index (Phi) is 4.20. The van der Waals surface area contributed by atoms with Crippen LogP contribution in [0.3, 0.4) is 0 Å². The SMILES string of the molecule is Cc1ccccc1CN1C(=O)N(c2ccccc2)S(=O)(=O)c2ccccc21. The molecule has 1 aliphatic heterocycles. The van der Waals surface area contributed by atoms with Crippen molar-refractivity contribution < 1.29 is 13.2 Å². The number of aryl methyl sites for hydroxylation is 1. The maximum absolute atomic E-state index is 13.3. The largest absolute Gasteiger partial charge is 0.343 e. The van der Waals surface area contributed by atoms with Gasteiger partial charge < -0.3 is 0 Å². The van der Waals surface area contributed by atoms with Gasteiger partial charge in [0.2, 0.25) is 0 Å². The van der Waals surface area contributed by atoms with Gasteiger partial charge in [-0.2, -0.15) is 4.31 Å². The van der Waals surface area contributed by atoms with E-state index in [1.165, 1.54) is 11.0 Å². The van der Waals surface area contributed by atoms with E-state index in [2.05, 4.69) is 0 Å². The molecule has 0 bridgehead atoms. The van der Waals surface area contributed by atoms with Gasteiger partial charge in [0.05, 0.1) is 17.9 Å². The molecule has 0 unspecified atom stereocenters. The molecule has 1 aliphatic rings. The molecular weight excluding hydrogens is 360 g/mol. The second-order valence-electron chi connectivity index (χ2n) is 6.37. The average Bonchev–Trinajstić information content (AvgIpc) is 2.67. The summed E-state index contributed by atoms with van der Waals surface area (Å²) in [6.07, 6.45) is 0. The Morgan fingerprint density at radius 1 is 0.815 bits per heavy atom. The van der Waals surface area contributed by atoms with Gasteiger partial charge in [-0.05, 0) is 42.3 Å². The van der Waals surface area contributed by atoms with Crippen molar-refractivity contribution in [2.24, 2.45) is 0 Å². The summed E-state index contributed by atoms with van der Waals surface area (Å²) < 4.78 is 27.2. The number of hydrogen-bond acceptors (Lipinski definition) is 3. The van der Waals surface area contributed by atoms with E-state index < -0.39 is 16.1 Å². The Morgan fingerprint density at radius 3 is 2.19 bits per heavy atom. The topological polar surface area (TPSA) is 57.7 Å². The Morgan fingerprint density at radius 2 is 1.44 bits per heavy atom. The van der Waals surface area contributed by atoms with Crippen LogP contribution in [0.5, 0.6) is 0 Å². The van der Waals surface area contributed by atoms with Crippen molar-refractivity contribution in [3.63, 3.8) is 0 Å². The molecule has 0 spiro atoms. The maximum atomic E-state index is 13.3. The maximum Gasteiger partial charge on any atom is 0.343 e. The van der Waals surface area contributed by atoms with Gasteiger partial charge in [0, 0.05) is 0 Å². The molecule has 0 fully saturated rings. The zero-order valence-corrected chi connectivity index (χ0v) is 15.6. The highest BCUT2D eigenvalue weighted by Gasteiger charge is 2.42. The summed E-state index contributed by atoms with van der Waals surface area (Å²) in [7, 11) is -3.98. The molecule has 27 heavy (non-hydrogen) atoms. The Bertz CT molecular complexity index is 1110. The lowest BCUT2D eigenvalue weighted by atomic mass is 10.1. The zero-order chi connectivity index (χ0) is 19.0. The summed E-state index contributed by atoms with van der Waals surface area (Å²) in [5.41, 5.74) is 2.74. The van der Waals surface area contributed by atoms with E-state index in [4.69, 9.17) is 0 Å². The molecule has 6 heteroatoms. The molecule has 1 heterocycles. The third-order valence-corrected chi connectivity index (χ3v) is 6.41. The number of rotatable bonds is 3.